The van der Waals surface area contributed by atoms with Crippen LogP contribution in [0, 0.1) is 0 Å². The third-order valence-electron chi connectivity index (χ3n) is 4.24. The normalized spacial score (nSPS) is 23.6. The van der Waals surface area contributed by atoms with E-state index in [4.69, 9.17) is 4.43 Å². The van der Waals surface area contributed by atoms with Crippen molar-refractivity contribution >= 4 is 9.04 Å². The van der Waals surface area contributed by atoms with Crippen LogP contribution in [0.3, 0.4) is 0 Å². The van der Waals surface area contributed by atoms with E-state index in [0.717, 1.165) is 0 Å². The van der Waals surface area contributed by atoms with E-state index < -0.39 is 63.7 Å². The van der Waals surface area contributed by atoms with E-state index in [-0.39, 0.29) is 12.7 Å². The minimum absolute atomic E-state index is 0.00511. The van der Waals surface area contributed by atoms with E-state index in [1.54, 1.807) is 0 Å². The Hall–Kier alpha value is -0.733. The Balaban J connectivity index is 3.13. The van der Waals surface area contributed by atoms with Crippen LogP contribution in [-0.2, 0) is 4.43 Å². The van der Waals surface area contributed by atoms with Crippen molar-refractivity contribution < 1.29 is 61.5 Å². The van der Waals surface area contributed by atoms with Crippen molar-refractivity contribution in [1.29, 1.82) is 0 Å². The SMILES string of the molecule is FC(F)C(F)C(F)C(F)(F)C(F)(F)C(F)(F)C(F)(F)C(F)C[SiH]1CCCCO1. The first-order valence-electron chi connectivity index (χ1n) is 7.85. The minimum atomic E-state index is -7.39. The summed E-state index contributed by atoms with van der Waals surface area (Å²) in [6, 6.07) is -1.38. The van der Waals surface area contributed by atoms with Crippen molar-refractivity contribution in [3.63, 3.8) is 0 Å². The largest absolute Gasteiger partial charge is 0.420 e. The standard InChI is InChI=1S/C13H15F13OSi/c14-6(5-28-4-2-1-3-27-28)10(19,20)12(23,24)13(25,26)11(21,22)8(16)7(15)9(17)18/h6-9,28H,1-5H2. The molecular formula is C13H15F13OSi. The Bertz CT molecular complexity index is 509. The number of hydrogen-bond donors (Lipinski definition) is 0. The topological polar surface area (TPSA) is 9.23 Å². The quantitative estimate of drug-likeness (QED) is 0.332. The molecule has 1 rings (SSSR count). The van der Waals surface area contributed by atoms with Crippen molar-refractivity contribution in [1.82, 2.24) is 0 Å². The zero-order chi connectivity index (χ0) is 22.1. The lowest BCUT2D eigenvalue weighted by Crippen LogP contribution is -2.68. The summed E-state index contributed by atoms with van der Waals surface area (Å²) in [5.41, 5.74) is 0. The van der Waals surface area contributed by atoms with E-state index in [0.29, 0.717) is 12.8 Å². The molecule has 1 heterocycles. The third-order valence-corrected chi connectivity index (χ3v) is 6.93. The van der Waals surface area contributed by atoms with Crippen LogP contribution < -0.4 is 0 Å². The van der Waals surface area contributed by atoms with E-state index in [2.05, 4.69) is 0 Å². The van der Waals surface area contributed by atoms with Gasteiger partial charge in [-0.05, 0) is 12.5 Å². The Morgan fingerprint density at radius 3 is 1.68 bits per heavy atom. The highest BCUT2D eigenvalue weighted by Crippen LogP contribution is 2.56. The molecule has 1 aliphatic heterocycles. The highest BCUT2D eigenvalue weighted by Gasteiger charge is 2.84. The monoisotopic (exact) mass is 462 g/mol. The van der Waals surface area contributed by atoms with Crippen LogP contribution in [0.4, 0.5) is 57.1 Å². The van der Waals surface area contributed by atoms with Gasteiger partial charge in [0.15, 0.2) is 21.4 Å². The molecule has 15 heteroatoms. The highest BCUT2D eigenvalue weighted by molar-refractivity contribution is 6.52. The first kappa shape index (κ1) is 25.3. The summed E-state index contributed by atoms with van der Waals surface area (Å²) in [7, 11) is -2.86. The molecular weight excluding hydrogens is 447 g/mol. The third kappa shape index (κ3) is 4.38. The molecule has 168 valence electrons. The summed E-state index contributed by atoms with van der Waals surface area (Å²) in [5.74, 6) is -28.0. The maximum atomic E-state index is 13.7. The second-order valence-electron chi connectivity index (χ2n) is 6.27. The van der Waals surface area contributed by atoms with Crippen LogP contribution in [0.2, 0.25) is 12.1 Å². The number of rotatable bonds is 9. The van der Waals surface area contributed by atoms with E-state index in [1.807, 2.05) is 0 Å². The summed E-state index contributed by atoms with van der Waals surface area (Å²) >= 11 is 0. The van der Waals surface area contributed by atoms with Gasteiger partial charge in [0.05, 0.1) is 0 Å². The average Bonchev–Trinajstić information content (AvgIpc) is 2.60. The van der Waals surface area contributed by atoms with Gasteiger partial charge in [0.1, 0.15) is 0 Å². The number of halogens is 13. The van der Waals surface area contributed by atoms with Crippen LogP contribution in [0.15, 0.2) is 0 Å². The molecule has 1 nitrogen and oxygen atoms in total. The van der Waals surface area contributed by atoms with Gasteiger partial charge in [-0.2, -0.15) is 35.1 Å². The molecule has 4 unspecified atom stereocenters. The molecule has 1 saturated heterocycles. The Labute approximate surface area is 151 Å². The summed E-state index contributed by atoms with van der Waals surface area (Å²) in [6.07, 6.45) is -17.8. The zero-order valence-corrected chi connectivity index (χ0v) is 14.9. The van der Waals surface area contributed by atoms with Crippen LogP contribution in [0.25, 0.3) is 0 Å². The summed E-state index contributed by atoms with van der Waals surface area (Å²) in [4.78, 5) is 0. The van der Waals surface area contributed by atoms with E-state index >= 15 is 0 Å². The maximum Gasteiger partial charge on any atom is 0.381 e. The van der Waals surface area contributed by atoms with Gasteiger partial charge in [-0.25, -0.2) is 22.0 Å². The van der Waals surface area contributed by atoms with Crippen LogP contribution in [0.1, 0.15) is 12.8 Å². The first-order valence-corrected chi connectivity index (χ1v) is 9.95. The fraction of sp³-hybridized carbons (Fsp3) is 1.00. The molecule has 1 fully saturated rings. The molecule has 0 amide bonds. The Morgan fingerprint density at radius 1 is 0.750 bits per heavy atom. The Morgan fingerprint density at radius 2 is 1.25 bits per heavy atom. The molecule has 0 radical (unpaired) electrons. The molecule has 0 N–H and O–H groups in total. The second kappa shape index (κ2) is 8.56. The minimum Gasteiger partial charge on any atom is -0.420 e. The highest BCUT2D eigenvalue weighted by atomic mass is 28.3. The van der Waals surface area contributed by atoms with Crippen molar-refractivity contribution in [3.05, 3.63) is 0 Å². The van der Waals surface area contributed by atoms with Crippen LogP contribution in [0.5, 0.6) is 0 Å². The molecule has 0 saturated carbocycles. The Kier molecular flexibility index (Phi) is 7.73. The number of alkyl halides is 13. The lowest BCUT2D eigenvalue weighted by Gasteiger charge is -2.39. The van der Waals surface area contributed by atoms with Crippen molar-refractivity contribution in [2.45, 2.75) is 73.6 Å². The van der Waals surface area contributed by atoms with Gasteiger partial charge >= 0.3 is 23.7 Å². The van der Waals surface area contributed by atoms with Crippen molar-refractivity contribution in [3.8, 4) is 0 Å². The molecule has 0 bridgehead atoms. The maximum absolute atomic E-state index is 13.7. The van der Waals surface area contributed by atoms with E-state index in [9.17, 15) is 57.1 Å². The first-order chi connectivity index (χ1) is 12.5. The van der Waals surface area contributed by atoms with Gasteiger partial charge in [-0.1, -0.05) is 6.42 Å². The molecule has 0 aromatic rings. The van der Waals surface area contributed by atoms with Crippen LogP contribution >= 0.6 is 0 Å². The van der Waals surface area contributed by atoms with Gasteiger partial charge in [0, 0.05) is 12.7 Å². The van der Waals surface area contributed by atoms with Gasteiger partial charge in [0.25, 0.3) is 6.43 Å². The smallest absolute Gasteiger partial charge is 0.381 e. The fourth-order valence-electron chi connectivity index (χ4n) is 2.49. The molecule has 0 aromatic heterocycles. The summed E-state index contributed by atoms with van der Waals surface area (Å²) in [5, 5.41) is 0. The second-order valence-corrected chi connectivity index (χ2v) is 8.89. The molecule has 0 aromatic carbocycles. The predicted octanol–water partition coefficient (Wildman–Crippen LogP) is 5.34. The van der Waals surface area contributed by atoms with Crippen LogP contribution in [-0.4, -0.2) is 64.3 Å². The van der Waals surface area contributed by atoms with Crippen molar-refractivity contribution in [2.24, 2.45) is 0 Å². The average molecular weight is 462 g/mol. The molecule has 4 atom stereocenters. The molecule has 1 aliphatic rings. The summed E-state index contributed by atoms with van der Waals surface area (Å²) < 4.78 is 176. The van der Waals surface area contributed by atoms with Gasteiger partial charge in [-0.15, -0.1) is 0 Å². The lowest BCUT2D eigenvalue weighted by atomic mass is 9.92. The lowest BCUT2D eigenvalue weighted by molar-refractivity contribution is -0.386. The fourth-order valence-corrected chi connectivity index (χ4v) is 5.03. The molecule has 0 aliphatic carbocycles. The molecule has 28 heavy (non-hydrogen) atoms. The van der Waals surface area contributed by atoms with Gasteiger partial charge in [0.2, 0.25) is 6.17 Å². The number of hydrogen-bond acceptors (Lipinski definition) is 1. The van der Waals surface area contributed by atoms with Gasteiger partial charge in [-0.3, -0.25) is 0 Å². The predicted molar refractivity (Wildman–Crippen MR) is 72.4 cm³/mol. The van der Waals surface area contributed by atoms with E-state index in [1.165, 1.54) is 0 Å². The van der Waals surface area contributed by atoms with Gasteiger partial charge < -0.3 is 4.43 Å². The molecule has 0 spiro atoms. The zero-order valence-electron chi connectivity index (χ0n) is 13.7. The van der Waals surface area contributed by atoms with Crippen molar-refractivity contribution in [2.75, 3.05) is 6.61 Å². The summed E-state index contributed by atoms with van der Waals surface area (Å²) in [6.45, 7) is -0.00511.